The normalized spacial score (nSPS) is 24.2. The third-order valence-electron chi connectivity index (χ3n) is 4.24. The van der Waals surface area contributed by atoms with Gasteiger partial charge in [0.2, 0.25) is 0 Å². The molecule has 1 aromatic heterocycles. The maximum Gasteiger partial charge on any atom is 0.127 e. The number of imidazole rings is 1. The summed E-state index contributed by atoms with van der Waals surface area (Å²) in [6.45, 7) is 10.2. The average molecular weight is 271 g/mol. The van der Waals surface area contributed by atoms with Gasteiger partial charge in [-0.15, -0.1) is 0 Å². The number of benzene rings is 1. The lowest BCUT2D eigenvalue weighted by atomic mass is 9.93. The first-order chi connectivity index (χ1) is 9.47. The molecule has 2 unspecified atom stereocenters. The molecule has 3 nitrogen and oxygen atoms in total. The van der Waals surface area contributed by atoms with E-state index >= 15 is 0 Å². The van der Waals surface area contributed by atoms with Crippen LogP contribution in [-0.4, -0.2) is 16.1 Å². The molecular formula is C17H25N3. The van der Waals surface area contributed by atoms with Gasteiger partial charge in [-0.05, 0) is 58.2 Å². The van der Waals surface area contributed by atoms with E-state index in [9.17, 15) is 0 Å². The molecular weight excluding hydrogens is 246 g/mol. The molecule has 3 rings (SSSR count). The zero-order valence-electron chi connectivity index (χ0n) is 13.0. The van der Waals surface area contributed by atoms with Crippen molar-refractivity contribution < 1.29 is 0 Å². The molecule has 1 saturated heterocycles. The Morgan fingerprint density at radius 3 is 2.70 bits per heavy atom. The lowest BCUT2D eigenvalue weighted by Gasteiger charge is -2.32. The van der Waals surface area contributed by atoms with Crippen LogP contribution < -0.4 is 5.32 Å². The van der Waals surface area contributed by atoms with Crippen molar-refractivity contribution in [3.05, 3.63) is 30.1 Å². The van der Waals surface area contributed by atoms with Gasteiger partial charge in [-0.25, -0.2) is 4.98 Å². The van der Waals surface area contributed by atoms with Gasteiger partial charge >= 0.3 is 0 Å². The molecule has 3 heteroatoms. The molecule has 0 radical (unpaired) electrons. The second kappa shape index (κ2) is 4.88. The molecule has 20 heavy (non-hydrogen) atoms. The van der Waals surface area contributed by atoms with Crippen molar-refractivity contribution in [2.45, 2.75) is 52.1 Å². The lowest BCUT2D eigenvalue weighted by molar-refractivity contribution is 0.291. The number of nitrogens with one attached hydrogen (secondary N) is 1. The highest BCUT2D eigenvalue weighted by Crippen LogP contribution is 2.32. The van der Waals surface area contributed by atoms with E-state index < -0.39 is 0 Å². The Morgan fingerprint density at radius 1 is 1.25 bits per heavy atom. The molecule has 1 aromatic carbocycles. The topological polar surface area (TPSA) is 29.9 Å². The first-order valence-corrected chi connectivity index (χ1v) is 7.68. The average Bonchev–Trinajstić information content (AvgIpc) is 2.77. The van der Waals surface area contributed by atoms with Crippen LogP contribution in [0.1, 0.15) is 52.4 Å². The van der Waals surface area contributed by atoms with Crippen LogP contribution >= 0.6 is 0 Å². The summed E-state index contributed by atoms with van der Waals surface area (Å²) >= 11 is 0. The maximum absolute atomic E-state index is 4.94. The number of hydrogen-bond donors (Lipinski definition) is 1. The SMILES string of the molecule is CC1CCNC(c2nc3ccccc3n2C(C)(C)C)C1. The van der Waals surface area contributed by atoms with Crippen molar-refractivity contribution in [3.63, 3.8) is 0 Å². The van der Waals surface area contributed by atoms with E-state index in [1.165, 1.54) is 24.2 Å². The van der Waals surface area contributed by atoms with E-state index in [1.807, 2.05) is 0 Å². The third kappa shape index (κ3) is 2.35. The van der Waals surface area contributed by atoms with Crippen molar-refractivity contribution in [2.24, 2.45) is 5.92 Å². The second-order valence-corrected chi connectivity index (χ2v) is 7.10. The molecule has 2 atom stereocenters. The molecule has 2 aromatic rings. The number of hydrogen-bond acceptors (Lipinski definition) is 2. The molecule has 0 aliphatic carbocycles. The van der Waals surface area contributed by atoms with E-state index in [0.717, 1.165) is 18.0 Å². The predicted molar refractivity (Wildman–Crippen MR) is 83.9 cm³/mol. The molecule has 1 aliphatic heterocycles. The minimum atomic E-state index is 0.0494. The van der Waals surface area contributed by atoms with E-state index in [0.29, 0.717) is 6.04 Å². The zero-order valence-corrected chi connectivity index (χ0v) is 13.0. The van der Waals surface area contributed by atoms with Gasteiger partial charge in [0.25, 0.3) is 0 Å². The van der Waals surface area contributed by atoms with Crippen LogP contribution in [0.5, 0.6) is 0 Å². The zero-order chi connectivity index (χ0) is 14.3. The molecule has 0 amide bonds. The van der Waals surface area contributed by atoms with Gasteiger partial charge in [-0.1, -0.05) is 19.1 Å². The van der Waals surface area contributed by atoms with Gasteiger partial charge in [0.05, 0.1) is 17.1 Å². The summed E-state index contributed by atoms with van der Waals surface area (Å²) in [6, 6.07) is 8.86. The Labute approximate surface area is 121 Å². The van der Waals surface area contributed by atoms with Crippen molar-refractivity contribution in [1.82, 2.24) is 14.9 Å². The summed E-state index contributed by atoms with van der Waals surface area (Å²) in [5, 5.41) is 3.66. The summed E-state index contributed by atoms with van der Waals surface area (Å²) in [7, 11) is 0. The largest absolute Gasteiger partial charge is 0.321 e. The second-order valence-electron chi connectivity index (χ2n) is 7.10. The Hall–Kier alpha value is -1.35. The number of piperidine rings is 1. The predicted octanol–water partition coefficient (Wildman–Crippen LogP) is 3.85. The number of fused-ring (bicyclic) bond motifs is 1. The molecule has 0 saturated carbocycles. The fourth-order valence-electron chi connectivity index (χ4n) is 3.29. The first-order valence-electron chi connectivity index (χ1n) is 7.68. The summed E-state index contributed by atoms with van der Waals surface area (Å²) in [5.41, 5.74) is 2.40. The fraction of sp³-hybridized carbons (Fsp3) is 0.588. The standard InChI is InChI=1S/C17H25N3/c1-12-9-10-18-14(11-12)16-19-13-7-5-6-8-15(13)20(16)17(2,3)4/h5-8,12,14,18H,9-11H2,1-4H3. The number of para-hydroxylation sites is 2. The molecule has 0 bridgehead atoms. The van der Waals surface area contributed by atoms with Crippen molar-refractivity contribution in [2.75, 3.05) is 6.54 Å². The number of aromatic nitrogens is 2. The monoisotopic (exact) mass is 271 g/mol. The molecule has 108 valence electrons. The van der Waals surface area contributed by atoms with Crippen LogP contribution in [0.4, 0.5) is 0 Å². The lowest BCUT2D eigenvalue weighted by Crippen LogP contribution is -2.35. The van der Waals surface area contributed by atoms with Crippen LogP contribution in [0.2, 0.25) is 0 Å². The van der Waals surface area contributed by atoms with Crippen molar-refractivity contribution in [3.8, 4) is 0 Å². The van der Waals surface area contributed by atoms with Crippen LogP contribution in [0.15, 0.2) is 24.3 Å². The van der Waals surface area contributed by atoms with Gasteiger partial charge in [-0.2, -0.15) is 0 Å². The van der Waals surface area contributed by atoms with Crippen LogP contribution in [0, 0.1) is 5.92 Å². The van der Waals surface area contributed by atoms with E-state index in [4.69, 9.17) is 4.98 Å². The number of nitrogens with zero attached hydrogens (tertiary/aromatic N) is 2. The molecule has 0 spiro atoms. The molecule has 2 heterocycles. The Balaban J connectivity index is 2.14. The van der Waals surface area contributed by atoms with E-state index in [-0.39, 0.29) is 5.54 Å². The maximum atomic E-state index is 4.94. The minimum Gasteiger partial charge on any atom is -0.321 e. The minimum absolute atomic E-state index is 0.0494. The van der Waals surface area contributed by atoms with Crippen LogP contribution in [0.25, 0.3) is 11.0 Å². The third-order valence-corrected chi connectivity index (χ3v) is 4.24. The fourth-order valence-corrected chi connectivity index (χ4v) is 3.29. The van der Waals surface area contributed by atoms with Gasteiger partial charge < -0.3 is 9.88 Å². The molecule has 1 N–H and O–H groups in total. The number of rotatable bonds is 1. The van der Waals surface area contributed by atoms with Crippen LogP contribution in [-0.2, 0) is 5.54 Å². The van der Waals surface area contributed by atoms with Gasteiger partial charge in [-0.3, -0.25) is 0 Å². The molecule has 1 aliphatic rings. The first kappa shape index (κ1) is 13.6. The summed E-state index contributed by atoms with van der Waals surface area (Å²) in [6.07, 6.45) is 2.45. The van der Waals surface area contributed by atoms with Gasteiger partial charge in [0.1, 0.15) is 5.82 Å². The Bertz CT molecular complexity index is 606. The Morgan fingerprint density at radius 2 is 2.00 bits per heavy atom. The summed E-state index contributed by atoms with van der Waals surface area (Å²) < 4.78 is 2.41. The van der Waals surface area contributed by atoms with Crippen molar-refractivity contribution >= 4 is 11.0 Å². The highest BCUT2D eigenvalue weighted by molar-refractivity contribution is 5.76. The smallest absolute Gasteiger partial charge is 0.127 e. The van der Waals surface area contributed by atoms with Gasteiger partial charge in [0.15, 0.2) is 0 Å². The summed E-state index contributed by atoms with van der Waals surface area (Å²) in [5.74, 6) is 1.97. The Kier molecular flexibility index (Phi) is 3.33. The van der Waals surface area contributed by atoms with Crippen LogP contribution in [0.3, 0.4) is 0 Å². The summed E-state index contributed by atoms with van der Waals surface area (Å²) in [4.78, 5) is 4.94. The quantitative estimate of drug-likeness (QED) is 0.853. The highest BCUT2D eigenvalue weighted by atomic mass is 15.2. The highest BCUT2D eigenvalue weighted by Gasteiger charge is 2.29. The van der Waals surface area contributed by atoms with Gasteiger partial charge in [0, 0.05) is 5.54 Å². The van der Waals surface area contributed by atoms with Crippen molar-refractivity contribution in [1.29, 1.82) is 0 Å². The van der Waals surface area contributed by atoms with E-state index in [2.05, 4.69) is 61.8 Å². The molecule has 1 fully saturated rings. The van der Waals surface area contributed by atoms with E-state index in [1.54, 1.807) is 0 Å².